The molecular formula is C22H43NO5. The fourth-order valence-corrected chi connectivity index (χ4v) is 3.13. The number of hydrogen-bond acceptors (Lipinski definition) is 6. The molecule has 2 atom stereocenters. The summed E-state index contributed by atoms with van der Waals surface area (Å²) >= 11 is 0. The van der Waals surface area contributed by atoms with Gasteiger partial charge in [0.1, 0.15) is 6.04 Å². The first kappa shape index (κ1) is 26.9. The minimum atomic E-state index is -0.322. The molecule has 0 saturated heterocycles. The average Bonchev–Trinajstić information content (AvgIpc) is 2.66. The summed E-state index contributed by atoms with van der Waals surface area (Å²) < 4.78 is 10.1. The lowest BCUT2D eigenvalue weighted by atomic mass is 10.0. The third-order valence-corrected chi connectivity index (χ3v) is 4.76. The van der Waals surface area contributed by atoms with Crippen molar-refractivity contribution in [2.24, 2.45) is 0 Å². The number of aliphatic hydroxyl groups excluding tert-OH is 1. The second-order valence-corrected chi connectivity index (χ2v) is 7.31. The van der Waals surface area contributed by atoms with Gasteiger partial charge in [-0.05, 0) is 46.1 Å². The molecule has 0 aromatic rings. The van der Waals surface area contributed by atoms with E-state index in [0.717, 1.165) is 38.5 Å². The summed E-state index contributed by atoms with van der Waals surface area (Å²) in [5, 5.41) is 13.3. The number of rotatable bonds is 19. The number of carbonyl (C=O) groups excluding carboxylic acids is 2. The minimum Gasteiger partial charge on any atom is -0.466 e. The third-order valence-electron chi connectivity index (χ3n) is 4.76. The summed E-state index contributed by atoms with van der Waals surface area (Å²) in [7, 11) is 0. The first-order valence-corrected chi connectivity index (χ1v) is 11.3. The Morgan fingerprint density at radius 3 is 2.14 bits per heavy atom. The molecule has 166 valence electrons. The number of ether oxygens (including phenoxy) is 2. The molecule has 2 N–H and O–H groups in total. The van der Waals surface area contributed by atoms with Crippen LogP contribution in [0.2, 0.25) is 0 Å². The summed E-state index contributed by atoms with van der Waals surface area (Å²) in [6, 6.07) is -0.322. The van der Waals surface area contributed by atoms with Crippen LogP contribution in [-0.2, 0) is 19.1 Å². The van der Waals surface area contributed by atoms with E-state index in [1.807, 2.05) is 13.8 Å². The Morgan fingerprint density at radius 2 is 1.46 bits per heavy atom. The van der Waals surface area contributed by atoms with Gasteiger partial charge in [-0.3, -0.25) is 9.59 Å². The normalized spacial score (nSPS) is 13.1. The summed E-state index contributed by atoms with van der Waals surface area (Å²) in [5.41, 5.74) is 0. The van der Waals surface area contributed by atoms with Crippen molar-refractivity contribution in [1.29, 1.82) is 0 Å². The van der Waals surface area contributed by atoms with Gasteiger partial charge in [0.2, 0.25) is 0 Å². The molecule has 0 aliphatic heterocycles. The number of esters is 2. The van der Waals surface area contributed by atoms with Gasteiger partial charge in [-0.15, -0.1) is 0 Å². The van der Waals surface area contributed by atoms with Crippen LogP contribution in [0, 0.1) is 0 Å². The topological polar surface area (TPSA) is 84.9 Å². The summed E-state index contributed by atoms with van der Waals surface area (Å²) in [6.07, 6.45) is 10.6. The first-order chi connectivity index (χ1) is 13.5. The van der Waals surface area contributed by atoms with Gasteiger partial charge < -0.3 is 19.9 Å². The molecule has 0 bridgehead atoms. The van der Waals surface area contributed by atoms with Gasteiger partial charge in [-0.1, -0.05) is 51.9 Å². The van der Waals surface area contributed by atoms with Crippen molar-refractivity contribution in [3.63, 3.8) is 0 Å². The Morgan fingerprint density at radius 1 is 0.821 bits per heavy atom. The van der Waals surface area contributed by atoms with E-state index in [2.05, 4.69) is 12.2 Å². The third kappa shape index (κ3) is 15.9. The van der Waals surface area contributed by atoms with Crippen molar-refractivity contribution < 1.29 is 24.2 Å². The van der Waals surface area contributed by atoms with Gasteiger partial charge in [0.25, 0.3) is 0 Å². The molecule has 2 unspecified atom stereocenters. The molecule has 0 spiro atoms. The van der Waals surface area contributed by atoms with Gasteiger partial charge in [0.15, 0.2) is 0 Å². The molecule has 0 fully saturated rings. The predicted octanol–water partition coefficient (Wildman–Crippen LogP) is 4.13. The van der Waals surface area contributed by atoms with Crippen molar-refractivity contribution in [2.45, 2.75) is 110 Å². The van der Waals surface area contributed by atoms with Crippen molar-refractivity contribution in [2.75, 3.05) is 19.8 Å². The van der Waals surface area contributed by atoms with Crippen molar-refractivity contribution in [3.8, 4) is 0 Å². The van der Waals surface area contributed by atoms with Crippen LogP contribution >= 0.6 is 0 Å². The molecule has 0 radical (unpaired) electrons. The second kappa shape index (κ2) is 19.2. The quantitative estimate of drug-likeness (QED) is 0.250. The molecule has 0 rings (SSSR count). The summed E-state index contributed by atoms with van der Waals surface area (Å²) in [4.78, 5) is 23.4. The predicted molar refractivity (Wildman–Crippen MR) is 112 cm³/mol. The number of unbranched alkanes of at least 4 members (excludes halogenated alkanes) is 6. The van der Waals surface area contributed by atoms with Gasteiger partial charge in [-0.2, -0.15) is 0 Å². The molecule has 0 aromatic carbocycles. The maximum Gasteiger partial charge on any atom is 0.323 e. The molecule has 0 aliphatic rings. The van der Waals surface area contributed by atoms with Crippen LogP contribution in [0.3, 0.4) is 0 Å². The second-order valence-electron chi connectivity index (χ2n) is 7.31. The zero-order chi connectivity index (χ0) is 21.0. The van der Waals surface area contributed by atoms with E-state index in [4.69, 9.17) is 9.47 Å². The van der Waals surface area contributed by atoms with Crippen molar-refractivity contribution in [1.82, 2.24) is 5.32 Å². The average molecular weight is 402 g/mol. The SMILES string of the molecule is CCCCCCC(O)CCNC(CCCCCCC(=O)OCC)C(=O)OCC. The smallest absolute Gasteiger partial charge is 0.323 e. The van der Waals surface area contributed by atoms with Crippen LogP contribution in [0.25, 0.3) is 0 Å². The largest absolute Gasteiger partial charge is 0.466 e. The van der Waals surface area contributed by atoms with Crippen molar-refractivity contribution in [3.05, 3.63) is 0 Å². The number of carbonyl (C=O) groups is 2. The van der Waals surface area contributed by atoms with E-state index in [-0.39, 0.29) is 24.1 Å². The maximum absolute atomic E-state index is 12.1. The minimum absolute atomic E-state index is 0.137. The van der Waals surface area contributed by atoms with Gasteiger partial charge in [0.05, 0.1) is 19.3 Å². The molecule has 0 aliphatic carbocycles. The first-order valence-electron chi connectivity index (χ1n) is 11.3. The Balaban J connectivity index is 4.00. The van der Waals surface area contributed by atoms with E-state index < -0.39 is 0 Å². The van der Waals surface area contributed by atoms with Gasteiger partial charge >= 0.3 is 11.9 Å². The Hall–Kier alpha value is -1.14. The molecule has 28 heavy (non-hydrogen) atoms. The lowest BCUT2D eigenvalue weighted by molar-refractivity contribution is -0.146. The van der Waals surface area contributed by atoms with Crippen molar-refractivity contribution >= 4 is 11.9 Å². The van der Waals surface area contributed by atoms with E-state index in [9.17, 15) is 14.7 Å². The molecular weight excluding hydrogens is 358 g/mol. The molecule has 6 nitrogen and oxygen atoms in total. The van der Waals surface area contributed by atoms with Crippen LogP contribution < -0.4 is 5.32 Å². The van der Waals surface area contributed by atoms with Crippen LogP contribution in [0.5, 0.6) is 0 Å². The lowest BCUT2D eigenvalue weighted by Crippen LogP contribution is -2.39. The highest BCUT2D eigenvalue weighted by molar-refractivity contribution is 5.75. The Bertz CT molecular complexity index is 389. The number of nitrogens with one attached hydrogen (secondary N) is 1. The van der Waals surface area contributed by atoms with Gasteiger partial charge in [0, 0.05) is 6.42 Å². The number of aliphatic hydroxyl groups is 1. The zero-order valence-corrected chi connectivity index (χ0v) is 18.3. The van der Waals surface area contributed by atoms with E-state index >= 15 is 0 Å². The maximum atomic E-state index is 12.1. The van der Waals surface area contributed by atoms with E-state index in [1.54, 1.807) is 0 Å². The summed E-state index contributed by atoms with van der Waals surface area (Å²) in [5.74, 6) is -0.353. The highest BCUT2D eigenvalue weighted by Gasteiger charge is 2.19. The fourth-order valence-electron chi connectivity index (χ4n) is 3.13. The zero-order valence-electron chi connectivity index (χ0n) is 18.3. The molecule has 0 saturated carbocycles. The standard InChI is InChI=1S/C22H43NO5/c1-4-7-8-11-14-19(24)17-18-23-20(22(26)28-6-3)15-12-9-10-13-16-21(25)27-5-2/h19-20,23-24H,4-18H2,1-3H3. The molecule has 0 heterocycles. The fraction of sp³-hybridized carbons (Fsp3) is 0.909. The molecule has 6 heteroatoms. The van der Waals surface area contributed by atoms with Crippen LogP contribution in [0.1, 0.15) is 97.8 Å². The lowest BCUT2D eigenvalue weighted by Gasteiger charge is -2.18. The Kier molecular flexibility index (Phi) is 18.4. The summed E-state index contributed by atoms with van der Waals surface area (Å²) in [6.45, 7) is 7.21. The Labute approximate surface area is 171 Å². The highest BCUT2D eigenvalue weighted by Crippen LogP contribution is 2.11. The number of hydrogen-bond donors (Lipinski definition) is 2. The molecule has 0 amide bonds. The van der Waals surface area contributed by atoms with Crippen LogP contribution in [0.15, 0.2) is 0 Å². The molecule has 0 aromatic heterocycles. The van der Waals surface area contributed by atoms with E-state index in [1.165, 1.54) is 19.3 Å². The van der Waals surface area contributed by atoms with Gasteiger partial charge in [-0.25, -0.2) is 0 Å². The van der Waals surface area contributed by atoms with Crippen LogP contribution in [-0.4, -0.2) is 48.9 Å². The van der Waals surface area contributed by atoms with E-state index in [0.29, 0.717) is 39.0 Å². The highest BCUT2D eigenvalue weighted by atomic mass is 16.5. The monoisotopic (exact) mass is 401 g/mol. The van der Waals surface area contributed by atoms with Crippen LogP contribution in [0.4, 0.5) is 0 Å².